The molecule has 0 radical (unpaired) electrons. The van der Waals surface area contributed by atoms with Gasteiger partial charge in [-0.25, -0.2) is 9.78 Å². The summed E-state index contributed by atoms with van der Waals surface area (Å²) >= 11 is 1.48. The van der Waals surface area contributed by atoms with Gasteiger partial charge in [0.05, 0.1) is 25.3 Å². The maximum absolute atomic E-state index is 12.2. The summed E-state index contributed by atoms with van der Waals surface area (Å²) in [6, 6.07) is 7.44. The lowest BCUT2D eigenvalue weighted by atomic mass is 10.0. The lowest BCUT2D eigenvalue weighted by Crippen LogP contribution is -2.44. The first kappa shape index (κ1) is 21.4. The van der Waals surface area contributed by atoms with Gasteiger partial charge < -0.3 is 15.2 Å². The smallest absolute Gasteiger partial charge is 0.326 e. The number of aliphatic carboxylic acids is 1. The van der Waals surface area contributed by atoms with Crippen molar-refractivity contribution in [2.24, 2.45) is 5.92 Å². The SMILES string of the molecule is CC(C)C(NC(=O)Cc1csc(-c2ccc(CN3CCOCC3)cc2)n1)C(=O)O. The molecule has 1 aliphatic heterocycles. The number of carboxylic acids is 1. The van der Waals surface area contributed by atoms with Crippen LogP contribution in [0.3, 0.4) is 0 Å². The van der Waals surface area contributed by atoms with Crippen molar-refractivity contribution in [3.63, 3.8) is 0 Å². The molecule has 1 aromatic carbocycles. The molecule has 0 aliphatic carbocycles. The van der Waals surface area contributed by atoms with E-state index in [1.807, 2.05) is 5.38 Å². The van der Waals surface area contributed by atoms with Gasteiger partial charge in [0, 0.05) is 30.6 Å². The van der Waals surface area contributed by atoms with Gasteiger partial charge in [0.1, 0.15) is 11.0 Å². The number of nitrogens with one attached hydrogen (secondary N) is 1. The lowest BCUT2D eigenvalue weighted by Gasteiger charge is -2.26. The van der Waals surface area contributed by atoms with E-state index in [0.717, 1.165) is 43.4 Å². The molecule has 156 valence electrons. The monoisotopic (exact) mass is 417 g/mol. The second kappa shape index (κ2) is 9.96. The summed E-state index contributed by atoms with van der Waals surface area (Å²) in [5.74, 6) is -1.54. The first-order chi connectivity index (χ1) is 13.9. The van der Waals surface area contributed by atoms with Crippen molar-refractivity contribution >= 4 is 23.2 Å². The van der Waals surface area contributed by atoms with Crippen molar-refractivity contribution in [3.8, 4) is 10.6 Å². The molecule has 1 aliphatic rings. The van der Waals surface area contributed by atoms with Crippen LogP contribution < -0.4 is 5.32 Å². The van der Waals surface area contributed by atoms with E-state index in [0.29, 0.717) is 5.69 Å². The Hall–Kier alpha value is -2.29. The van der Waals surface area contributed by atoms with Crippen molar-refractivity contribution < 1.29 is 19.4 Å². The van der Waals surface area contributed by atoms with Crippen LogP contribution in [0.15, 0.2) is 29.6 Å². The van der Waals surface area contributed by atoms with Crippen LogP contribution >= 0.6 is 11.3 Å². The number of thiazole rings is 1. The minimum absolute atomic E-state index is 0.0715. The third kappa shape index (κ3) is 6.09. The molecule has 1 saturated heterocycles. The van der Waals surface area contributed by atoms with Crippen LogP contribution in [-0.4, -0.2) is 59.2 Å². The van der Waals surface area contributed by atoms with Crippen LogP contribution in [0.25, 0.3) is 10.6 Å². The van der Waals surface area contributed by atoms with E-state index in [4.69, 9.17) is 4.74 Å². The van der Waals surface area contributed by atoms with Gasteiger partial charge in [0.15, 0.2) is 0 Å². The average molecular weight is 418 g/mol. The highest BCUT2D eigenvalue weighted by Gasteiger charge is 2.23. The Balaban J connectivity index is 1.57. The van der Waals surface area contributed by atoms with E-state index in [2.05, 4.69) is 39.5 Å². The molecular weight excluding hydrogens is 390 g/mol. The summed E-state index contributed by atoms with van der Waals surface area (Å²) in [4.78, 5) is 30.3. The maximum Gasteiger partial charge on any atom is 0.326 e. The number of carbonyl (C=O) groups excluding carboxylic acids is 1. The molecule has 29 heavy (non-hydrogen) atoms. The predicted molar refractivity (Wildman–Crippen MR) is 112 cm³/mol. The van der Waals surface area contributed by atoms with E-state index < -0.39 is 12.0 Å². The highest BCUT2D eigenvalue weighted by atomic mass is 32.1. The highest BCUT2D eigenvalue weighted by molar-refractivity contribution is 7.13. The van der Waals surface area contributed by atoms with E-state index in [1.165, 1.54) is 16.9 Å². The molecule has 0 bridgehead atoms. The molecule has 3 rings (SSSR count). The van der Waals surface area contributed by atoms with Gasteiger partial charge >= 0.3 is 5.97 Å². The number of carboxylic acid groups (broad SMARTS) is 1. The summed E-state index contributed by atoms with van der Waals surface area (Å²) in [5.41, 5.74) is 2.91. The Morgan fingerprint density at radius 1 is 1.24 bits per heavy atom. The van der Waals surface area contributed by atoms with E-state index >= 15 is 0 Å². The molecule has 2 heterocycles. The third-order valence-corrected chi connectivity index (χ3v) is 5.79. The van der Waals surface area contributed by atoms with E-state index in [1.54, 1.807) is 13.8 Å². The molecule has 1 unspecified atom stereocenters. The second-order valence-corrected chi connectivity index (χ2v) is 8.39. The molecular formula is C21H27N3O4S. The molecule has 2 aromatic rings. The van der Waals surface area contributed by atoms with Crippen LogP contribution in [0.1, 0.15) is 25.1 Å². The minimum Gasteiger partial charge on any atom is -0.480 e. The van der Waals surface area contributed by atoms with Crippen LogP contribution in [0.4, 0.5) is 0 Å². The zero-order chi connectivity index (χ0) is 20.8. The van der Waals surface area contributed by atoms with E-state index in [9.17, 15) is 14.7 Å². The summed E-state index contributed by atoms with van der Waals surface area (Å²) in [5, 5.41) is 14.5. The van der Waals surface area contributed by atoms with Crippen molar-refractivity contribution in [2.45, 2.75) is 32.9 Å². The Bertz CT molecular complexity index is 829. The van der Waals surface area contributed by atoms with Crippen molar-refractivity contribution in [1.82, 2.24) is 15.2 Å². The fourth-order valence-corrected chi connectivity index (χ4v) is 4.02. The normalized spacial score (nSPS) is 16.0. The molecule has 0 spiro atoms. The minimum atomic E-state index is -1.02. The Labute approximate surface area is 174 Å². The van der Waals surface area contributed by atoms with Crippen LogP contribution in [0, 0.1) is 5.92 Å². The summed E-state index contributed by atoms with van der Waals surface area (Å²) in [6.45, 7) is 7.94. The van der Waals surface area contributed by atoms with Crippen molar-refractivity contribution in [1.29, 1.82) is 0 Å². The number of ether oxygens (including phenoxy) is 1. The van der Waals surface area contributed by atoms with Crippen molar-refractivity contribution in [2.75, 3.05) is 26.3 Å². The lowest BCUT2D eigenvalue weighted by molar-refractivity contribution is -0.143. The zero-order valence-electron chi connectivity index (χ0n) is 16.8. The molecule has 1 amide bonds. The van der Waals surface area contributed by atoms with Crippen molar-refractivity contribution in [3.05, 3.63) is 40.9 Å². The molecule has 2 N–H and O–H groups in total. The Morgan fingerprint density at radius 3 is 2.55 bits per heavy atom. The van der Waals surface area contributed by atoms with Gasteiger partial charge in [-0.15, -0.1) is 11.3 Å². The molecule has 0 saturated carbocycles. The predicted octanol–water partition coefficient (Wildman–Crippen LogP) is 2.41. The summed E-state index contributed by atoms with van der Waals surface area (Å²) < 4.78 is 5.38. The fourth-order valence-electron chi connectivity index (χ4n) is 3.19. The third-order valence-electron chi connectivity index (χ3n) is 4.85. The number of benzene rings is 1. The first-order valence-corrected chi connectivity index (χ1v) is 10.7. The standard InChI is InChI=1S/C21H27N3O4S/c1-14(2)19(21(26)27)23-18(25)11-17-13-29-20(22-17)16-5-3-15(4-6-16)12-24-7-9-28-10-8-24/h3-6,13-14,19H,7-12H2,1-2H3,(H,23,25)(H,26,27). The van der Waals surface area contributed by atoms with E-state index in [-0.39, 0.29) is 18.2 Å². The number of hydrogen-bond donors (Lipinski definition) is 2. The Kier molecular flexibility index (Phi) is 7.35. The van der Waals surface area contributed by atoms with Crippen LogP contribution in [0.5, 0.6) is 0 Å². The number of aromatic nitrogens is 1. The van der Waals surface area contributed by atoms with Gasteiger partial charge in [-0.2, -0.15) is 0 Å². The highest BCUT2D eigenvalue weighted by Crippen LogP contribution is 2.24. The number of nitrogens with zero attached hydrogens (tertiary/aromatic N) is 2. The number of morpholine rings is 1. The quantitative estimate of drug-likeness (QED) is 0.685. The molecule has 8 heteroatoms. The largest absolute Gasteiger partial charge is 0.480 e. The van der Waals surface area contributed by atoms with Gasteiger partial charge in [-0.05, 0) is 11.5 Å². The van der Waals surface area contributed by atoms with Gasteiger partial charge in [-0.3, -0.25) is 9.69 Å². The van der Waals surface area contributed by atoms with Gasteiger partial charge in [0.25, 0.3) is 0 Å². The maximum atomic E-state index is 12.2. The number of hydrogen-bond acceptors (Lipinski definition) is 6. The number of amides is 1. The molecule has 1 atom stereocenters. The van der Waals surface area contributed by atoms with Gasteiger partial charge in [0.2, 0.25) is 5.91 Å². The average Bonchev–Trinajstić information content (AvgIpc) is 3.15. The Morgan fingerprint density at radius 2 is 1.93 bits per heavy atom. The summed E-state index contributed by atoms with van der Waals surface area (Å²) in [6.07, 6.45) is 0.0715. The number of carbonyl (C=O) groups is 2. The fraction of sp³-hybridized carbons (Fsp3) is 0.476. The molecule has 1 aromatic heterocycles. The molecule has 1 fully saturated rings. The zero-order valence-corrected chi connectivity index (χ0v) is 17.6. The van der Waals surface area contributed by atoms with Crippen LogP contribution in [-0.2, 0) is 27.3 Å². The summed E-state index contributed by atoms with van der Waals surface area (Å²) in [7, 11) is 0. The topological polar surface area (TPSA) is 91.8 Å². The second-order valence-electron chi connectivity index (χ2n) is 7.53. The van der Waals surface area contributed by atoms with Crippen LogP contribution in [0.2, 0.25) is 0 Å². The number of rotatable bonds is 8. The first-order valence-electron chi connectivity index (χ1n) is 9.78. The van der Waals surface area contributed by atoms with Gasteiger partial charge in [-0.1, -0.05) is 38.1 Å². The molecule has 7 nitrogen and oxygen atoms in total.